The van der Waals surface area contributed by atoms with Gasteiger partial charge in [0.25, 0.3) is 0 Å². The number of rotatable bonds is 6. The summed E-state index contributed by atoms with van der Waals surface area (Å²) in [6.07, 6.45) is 1.69. The first-order valence-electron chi connectivity index (χ1n) is 9.14. The quantitative estimate of drug-likeness (QED) is 0.438. The average molecular weight is 403 g/mol. The lowest BCUT2D eigenvalue weighted by atomic mass is 10.0. The summed E-state index contributed by atoms with van der Waals surface area (Å²) >= 11 is 5.93. The molecule has 0 bridgehead atoms. The van der Waals surface area contributed by atoms with E-state index >= 15 is 0 Å². The highest BCUT2D eigenvalue weighted by Gasteiger charge is 2.09. The molecule has 1 N–H and O–H groups in total. The molecular weight excluding hydrogens is 384 g/mol. The van der Waals surface area contributed by atoms with Gasteiger partial charge < -0.3 is 4.74 Å². The lowest BCUT2D eigenvalue weighted by Gasteiger charge is -2.09. The van der Waals surface area contributed by atoms with Crippen molar-refractivity contribution in [1.29, 1.82) is 0 Å². The number of H-pyrrole nitrogens is 1. The molecule has 0 fully saturated rings. The zero-order valence-corrected chi connectivity index (χ0v) is 16.6. The van der Waals surface area contributed by atoms with Gasteiger partial charge in [-0.05, 0) is 41.0 Å². The molecule has 1 heterocycles. The number of hydrogen-bond acceptors (Lipinski definition) is 4. The maximum Gasteiger partial charge on any atom is 0.131 e. The van der Waals surface area contributed by atoms with Gasteiger partial charge >= 0.3 is 0 Å². The summed E-state index contributed by atoms with van der Waals surface area (Å²) in [6.45, 7) is 0.494. The van der Waals surface area contributed by atoms with E-state index in [1.165, 1.54) is 0 Å². The number of aromatic amines is 1. The molecule has 0 amide bonds. The van der Waals surface area contributed by atoms with Gasteiger partial charge in [0.2, 0.25) is 0 Å². The molecule has 0 unspecified atom stereocenters. The number of benzene rings is 3. The molecule has 0 saturated heterocycles. The van der Waals surface area contributed by atoms with Crippen molar-refractivity contribution in [3.8, 4) is 28.1 Å². The molecule has 144 valence electrons. The molecule has 1 aromatic heterocycles. The van der Waals surface area contributed by atoms with E-state index in [4.69, 9.17) is 16.3 Å². The van der Waals surface area contributed by atoms with Gasteiger partial charge in [-0.2, -0.15) is 15.4 Å². The molecule has 0 atom stereocenters. The Morgan fingerprint density at radius 1 is 0.931 bits per heavy atom. The van der Waals surface area contributed by atoms with Crippen LogP contribution in [-0.2, 0) is 6.61 Å². The molecule has 0 aliphatic rings. The van der Waals surface area contributed by atoms with Crippen molar-refractivity contribution in [2.24, 2.45) is 4.99 Å². The number of aliphatic imine (C=N–C) groups is 1. The van der Waals surface area contributed by atoms with Crippen LogP contribution in [0.5, 0.6) is 5.75 Å². The molecule has 0 saturated carbocycles. The number of ether oxygens (including phenoxy) is 1. The predicted octanol–water partition coefficient (Wildman–Crippen LogP) is 5.42. The van der Waals surface area contributed by atoms with Crippen LogP contribution in [0.3, 0.4) is 0 Å². The third-order valence-corrected chi connectivity index (χ3v) is 4.72. The summed E-state index contributed by atoms with van der Waals surface area (Å²) in [5.74, 6) is 0.819. The SMILES string of the molecule is CN=Cc1n[nH]nc1-c1ccc(-c2cccc(OCc3ccc(Cl)cc3)c2)cc1. The topological polar surface area (TPSA) is 63.2 Å². The highest BCUT2D eigenvalue weighted by molar-refractivity contribution is 6.30. The maximum absolute atomic E-state index is 5.94. The lowest BCUT2D eigenvalue weighted by Crippen LogP contribution is -1.95. The monoisotopic (exact) mass is 402 g/mol. The van der Waals surface area contributed by atoms with Crippen LogP contribution >= 0.6 is 11.6 Å². The summed E-state index contributed by atoms with van der Waals surface area (Å²) < 4.78 is 5.94. The summed E-state index contributed by atoms with van der Waals surface area (Å²) in [6, 6.07) is 23.9. The molecule has 4 rings (SSSR count). The Bertz CT molecular complexity index is 1120. The third kappa shape index (κ3) is 4.52. The molecular formula is C23H19ClN4O. The van der Waals surface area contributed by atoms with Gasteiger partial charge in [-0.1, -0.05) is 60.1 Å². The fraction of sp³-hybridized carbons (Fsp3) is 0.0870. The number of nitrogens with zero attached hydrogens (tertiary/aromatic N) is 3. The van der Waals surface area contributed by atoms with Crippen molar-refractivity contribution in [3.05, 3.63) is 89.1 Å². The average Bonchev–Trinajstić information content (AvgIpc) is 3.22. The molecule has 0 radical (unpaired) electrons. The van der Waals surface area contributed by atoms with Gasteiger partial charge in [-0.25, -0.2) is 0 Å². The minimum Gasteiger partial charge on any atom is -0.489 e. The Kier molecular flexibility index (Phi) is 5.68. The molecule has 0 aliphatic heterocycles. The fourth-order valence-electron chi connectivity index (χ4n) is 3.00. The second-order valence-electron chi connectivity index (χ2n) is 6.47. The van der Waals surface area contributed by atoms with E-state index in [9.17, 15) is 0 Å². The predicted molar refractivity (Wildman–Crippen MR) is 117 cm³/mol. The van der Waals surface area contributed by atoms with Gasteiger partial charge in [0.15, 0.2) is 0 Å². The first-order valence-corrected chi connectivity index (χ1v) is 9.52. The molecule has 3 aromatic carbocycles. The molecule has 6 heteroatoms. The van der Waals surface area contributed by atoms with E-state index in [1.807, 2.05) is 54.6 Å². The van der Waals surface area contributed by atoms with Gasteiger partial charge in [0, 0.05) is 17.6 Å². The molecule has 0 spiro atoms. The fourth-order valence-corrected chi connectivity index (χ4v) is 3.12. The number of halogens is 1. The summed E-state index contributed by atoms with van der Waals surface area (Å²) in [4.78, 5) is 4.01. The zero-order valence-electron chi connectivity index (χ0n) is 15.8. The van der Waals surface area contributed by atoms with Crippen LogP contribution < -0.4 is 4.74 Å². The van der Waals surface area contributed by atoms with Crippen LogP contribution in [0.25, 0.3) is 22.4 Å². The Hall–Kier alpha value is -3.44. The standard InChI is InChI=1S/C23H19ClN4O/c1-25-14-22-23(27-28-26-22)18-9-7-17(8-10-18)19-3-2-4-21(13-19)29-15-16-5-11-20(24)12-6-16/h2-14H,15H2,1H3,(H,26,27,28). The van der Waals surface area contributed by atoms with Crippen molar-refractivity contribution in [3.63, 3.8) is 0 Å². The van der Waals surface area contributed by atoms with E-state index in [-0.39, 0.29) is 0 Å². The molecule has 29 heavy (non-hydrogen) atoms. The summed E-state index contributed by atoms with van der Waals surface area (Å²) in [7, 11) is 1.71. The van der Waals surface area contributed by atoms with Crippen molar-refractivity contribution in [1.82, 2.24) is 15.4 Å². The Morgan fingerprint density at radius 3 is 2.45 bits per heavy atom. The van der Waals surface area contributed by atoms with Crippen molar-refractivity contribution < 1.29 is 4.74 Å². The van der Waals surface area contributed by atoms with Gasteiger partial charge in [-0.15, -0.1) is 0 Å². The van der Waals surface area contributed by atoms with Gasteiger partial charge in [0.05, 0.1) is 6.21 Å². The highest BCUT2D eigenvalue weighted by Crippen LogP contribution is 2.27. The van der Waals surface area contributed by atoms with E-state index in [0.717, 1.165) is 44.4 Å². The Morgan fingerprint density at radius 2 is 1.69 bits per heavy atom. The first-order chi connectivity index (χ1) is 14.2. The Balaban J connectivity index is 1.50. The zero-order chi connectivity index (χ0) is 20.1. The van der Waals surface area contributed by atoms with Crippen molar-refractivity contribution in [2.45, 2.75) is 6.61 Å². The van der Waals surface area contributed by atoms with Gasteiger partial charge in [-0.3, -0.25) is 4.99 Å². The molecule has 0 aliphatic carbocycles. The number of hydrogen-bond donors (Lipinski definition) is 1. The highest BCUT2D eigenvalue weighted by atomic mass is 35.5. The van der Waals surface area contributed by atoms with Crippen molar-refractivity contribution >= 4 is 17.8 Å². The van der Waals surface area contributed by atoms with Crippen molar-refractivity contribution in [2.75, 3.05) is 7.05 Å². The van der Waals surface area contributed by atoms with Crippen LogP contribution in [-0.4, -0.2) is 28.7 Å². The minimum atomic E-state index is 0.494. The Labute approximate surface area is 174 Å². The van der Waals surface area contributed by atoms with Crippen LogP contribution in [0.15, 0.2) is 77.8 Å². The second kappa shape index (κ2) is 8.71. The normalized spacial score (nSPS) is 11.1. The molecule has 5 nitrogen and oxygen atoms in total. The first kappa shape index (κ1) is 18.9. The van der Waals surface area contributed by atoms with Crippen LogP contribution in [0, 0.1) is 0 Å². The van der Waals surface area contributed by atoms with E-state index in [2.05, 4.69) is 38.6 Å². The van der Waals surface area contributed by atoms with E-state index in [0.29, 0.717) is 6.61 Å². The van der Waals surface area contributed by atoms with E-state index in [1.54, 1.807) is 13.3 Å². The van der Waals surface area contributed by atoms with Crippen LogP contribution in [0.1, 0.15) is 11.3 Å². The van der Waals surface area contributed by atoms with Crippen LogP contribution in [0.2, 0.25) is 5.02 Å². The van der Waals surface area contributed by atoms with Crippen LogP contribution in [0.4, 0.5) is 0 Å². The van der Waals surface area contributed by atoms with E-state index < -0.39 is 0 Å². The number of aromatic nitrogens is 3. The number of nitrogens with one attached hydrogen (secondary N) is 1. The third-order valence-electron chi connectivity index (χ3n) is 4.47. The second-order valence-corrected chi connectivity index (χ2v) is 6.90. The smallest absolute Gasteiger partial charge is 0.131 e. The maximum atomic E-state index is 5.94. The summed E-state index contributed by atoms with van der Waals surface area (Å²) in [5.41, 5.74) is 5.73. The largest absolute Gasteiger partial charge is 0.489 e. The van der Waals surface area contributed by atoms with Gasteiger partial charge in [0.1, 0.15) is 23.7 Å². The summed E-state index contributed by atoms with van der Waals surface area (Å²) in [5, 5.41) is 11.7. The minimum absolute atomic E-state index is 0.494. The molecule has 4 aromatic rings. The lowest BCUT2D eigenvalue weighted by molar-refractivity contribution is 0.306.